The van der Waals surface area contributed by atoms with Crippen molar-refractivity contribution in [3.63, 3.8) is 0 Å². The SMILES string of the molecule is O=C(CN1CCOCC1)c1ccc(Oc2ccc([N+](=O)[O-])nc2)cc1. The number of carbonyl (C=O) groups is 1. The van der Waals surface area contributed by atoms with Crippen molar-refractivity contribution in [2.75, 3.05) is 32.8 Å². The average molecular weight is 343 g/mol. The van der Waals surface area contributed by atoms with Gasteiger partial charge in [0, 0.05) is 24.7 Å². The highest BCUT2D eigenvalue weighted by molar-refractivity contribution is 5.97. The van der Waals surface area contributed by atoms with E-state index in [4.69, 9.17) is 9.47 Å². The number of morpholine rings is 1. The van der Waals surface area contributed by atoms with Crippen molar-refractivity contribution < 1.29 is 19.2 Å². The van der Waals surface area contributed by atoms with Crippen LogP contribution >= 0.6 is 0 Å². The van der Waals surface area contributed by atoms with Crippen molar-refractivity contribution in [3.8, 4) is 11.5 Å². The molecule has 0 radical (unpaired) electrons. The molecule has 8 heteroatoms. The van der Waals surface area contributed by atoms with E-state index < -0.39 is 4.92 Å². The summed E-state index contributed by atoms with van der Waals surface area (Å²) in [6, 6.07) is 9.54. The van der Waals surface area contributed by atoms with E-state index in [1.54, 1.807) is 24.3 Å². The highest BCUT2D eigenvalue weighted by atomic mass is 16.6. The third-order valence-corrected chi connectivity index (χ3v) is 3.79. The molecule has 0 aliphatic carbocycles. The summed E-state index contributed by atoms with van der Waals surface area (Å²) in [7, 11) is 0. The standard InChI is InChI=1S/C17H17N3O5/c21-16(12-19-7-9-24-10-8-19)13-1-3-14(4-2-13)25-15-5-6-17(18-11-15)20(22)23/h1-6,11H,7-10,12H2. The van der Waals surface area contributed by atoms with Gasteiger partial charge in [0.15, 0.2) is 17.7 Å². The Hall–Kier alpha value is -2.84. The number of nitro groups is 1. The Kier molecular flexibility index (Phi) is 5.32. The predicted molar refractivity (Wildman–Crippen MR) is 89.0 cm³/mol. The minimum Gasteiger partial charge on any atom is -0.453 e. The van der Waals surface area contributed by atoms with Crippen molar-refractivity contribution in [2.24, 2.45) is 0 Å². The second-order valence-corrected chi connectivity index (χ2v) is 5.55. The van der Waals surface area contributed by atoms with E-state index in [2.05, 4.69) is 9.88 Å². The maximum Gasteiger partial charge on any atom is 0.363 e. The van der Waals surface area contributed by atoms with Crippen molar-refractivity contribution in [3.05, 3.63) is 58.3 Å². The van der Waals surface area contributed by atoms with E-state index >= 15 is 0 Å². The number of hydrogen-bond acceptors (Lipinski definition) is 7. The number of rotatable bonds is 6. The number of aromatic nitrogens is 1. The molecule has 0 spiro atoms. The summed E-state index contributed by atoms with van der Waals surface area (Å²) >= 11 is 0. The molecular weight excluding hydrogens is 326 g/mol. The smallest absolute Gasteiger partial charge is 0.363 e. The molecule has 1 saturated heterocycles. The van der Waals surface area contributed by atoms with E-state index in [9.17, 15) is 14.9 Å². The number of benzene rings is 1. The molecule has 1 aromatic heterocycles. The van der Waals surface area contributed by atoms with Gasteiger partial charge in [-0.15, -0.1) is 0 Å². The lowest BCUT2D eigenvalue weighted by atomic mass is 10.1. The van der Waals surface area contributed by atoms with E-state index in [1.165, 1.54) is 18.3 Å². The van der Waals surface area contributed by atoms with Crippen LogP contribution in [0, 0.1) is 10.1 Å². The number of ether oxygens (including phenoxy) is 2. The fourth-order valence-electron chi connectivity index (χ4n) is 2.44. The van der Waals surface area contributed by atoms with Crippen molar-refractivity contribution in [2.45, 2.75) is 0 Å². The molecule has 0 N–H and O–H groups in total. The van der Waals surface area contributed by atoms with Crippen LogP contribution in [-0.4, -0.2) is 53.4 Å². The Bertz CT molecular complexity index is 740. The molecule has 8 nitrogen and oxygen atoms in total. The number of ketones is 1. The van der Waals surface area contributed by atoms with Gasteiger partial charge in [0.1, 0.15) is 5.75 Å². The molecule has 3 rings (SSSR count). The predicted octanol–water partition coefficient (Wildman–Crippen LogP) is 2.30. The number of carbonyl (C=O) groups excluding carboxylic acids is 1. The zero-order valence-corrected chi connectivity index (χ0v) is 13.5. The normalized spacial score (nSPS) is 14.9. The van der Waals surface area contributed by atoms with Crippen LogP contribution in [0.15, 0.2) is 42.6 Å². The van der Waals surface area contributed by atoms with Gasteiger partial charge in [-0.2, -0.15) is 0 Å². The van der Waals surface area contributed by atoms with Gasteiger partial charge in [0.05, 0.1) is 19.8 Å². The first kappa shape index (κ1) is 17.0. The maximum absolute atomic E-state index is 12.3. The first-order chi connectivity index (χ1) is 12.1. The summed E-state index contributed by atoms with van der Waals surface area (Å²) in [5, 5.41) is 10.6. The summed E-state index contributed by atoms with van der Waals surface area (Å²) in [4.78, 5) is 28.0. The van der Waals surface area contributed by atoms with E-state index in [-0.39, 0.29) is 11.6 Å². The summed E-state index contributed by atoms with van der Waals surface area (Å²) < 4.78 is 10.8. The zero-order chi connectivity index (χ0) is 17.6. The molecule has 2 heterocycles. The summed E-state index contributed by atoms with van der Waals surface area (Å²) in [6.07, 6.45) is 1.29. The van der Waals surface area contributed by atoms with Gasteiger partial charge in [-0.1, -0.05) is 0 Å². The number of hydrogen-bond donors (Lipinski definition) is 0. The molecule has 130 valence electrons. The lowest BCUT2D eigenvalue weighted by Crippen LogP contribution is -2.39. The first-order valence-corrected chi connectivity index (χ1v) is 7.83. The monoisotopic (exact) mass is 343 g/mol. The van der Waals surface area contributed by atoms with Crippen LogP contribution < -0.4 is 4.74 Å². The highest BCUT2D eigenvalue weighted by Gasteiger charge is 2.15. The van der Waals surface area contributed by atoms with Crippen molar-refractivity contribution in [1.29, 1.82) is 0 Å². The lowest BCUT2D eigenvalue weighted by molar-refractivity contribution is -0.389. The minimum atomic E-state index is -0.571. The number of Topliss-reactive ketones (excluding diaryl/α,β-unsaturated/α-hetero) is 1. The first-order valence-electron chi connectivity index (χ1n) is 7.83. The second-order valence-electron chi connectivity index (χ2n) is 5.55. The van der Waals surface area contributed by atoms with Gasteiger partial charge < -0.3 is 19.6 Å². The molecule has 0 amide bonds. The van der Waals surface area contributed by atoms with E-state index in [0.29, 0.717) is 36.8 Å². The average Bonchev–Trinajstić information content (AvgIpc) is 2.63. The molecule has 2 aromatic rings. The van der Waals surface area contributed by atoms with Gasteiger partial charge in [-0.05, 0) is 40.2 Å². The van der Waals surface area contributed by atoms with Gasteiger partial charge in [-0.3, -0.25) is 9.69 Å². The number of nitrogens with zero attached hydrogens (tertiary/aromatic N) is 3. The highest BCUT2D eigenvalue weighted by Crippen LogP contribution is 2.22. The molecule has 1 fully saturated rings. The fraction of sp³-hybridized carbons (Fsp3) is 0.294. The topological polar surface area (TPSA) is 94.8 Å². The Morgan fingerprint density at radius 1 is 1.16 bits per heavy atom. The van der Waals surface area contributed by atoms with Gasteiger partial charge in [0.25, 0.3) is 0 Å². The summed E-state index contributed by atoms with van der Waals surface area (Å²) in [6.45, 7) is 3.21. The largest absolute Gasteiger partial charge is 0.453 e. The van der Waals surface area contributed by atoms with E-state index in [1.807, 2.05) is 0 Å². The van der Waals surface area contributed by atoms with Crippen LogP contribution in [0.1, 0.15) is 10.4 Å². The molecule has 1 aliphatic rings. The van der Waals surface area contributed by atoms with Crippen LogP contribution in [0.3, 0.4) is 0 Å². The Balaban J connectivity index is 1.59. The Morgan fingerprint density at radius 3 is 2.44 bits per heavy atom. The van der Waals surface area contributed by atoms with E-state index in [0.717, 1.165) is 13.1 Å². The van der Waals surface area contributed by atoms with Gasteiger partial charge in [-0.25, -0.2) is 0 Å². The third kappa shape index (κ3) is 4.59. The number of pyridine rings is 1. The molecule has 0 saturated carbocycles. The molecule has 0 bridgehead atoms. The van der Waals surface area contributed by atoms with Crippen LogP contribution in [0.2, 0.25) is 0 Å². The zero-order valence-electron chi connectivity index (χ0n) is 13.5. The summed E-state index contributed by atoms with van der Waals surface area (Å²) in [5.74, 6) is 0.721. The molecule has 1 aromatic carbocycles. The quantitative estimate of drug-likeness (QED) is 0.451. The molecule has 1 aliphatic heterocycles. The Morgan fingerprint density at radius 2 is 1.84 bits per heavy atom. The maximum atomic E-state index is 12.3. The van der Waals surface area contributed by atoms with Crippen molar-refractivity contribution >= 4 is 11.6 Å². The van der Waals surface area contributed by atoms with Gasteiger partial charge in [0.2, 0.25) is 0 Å². The molecular formula is C17H17N3O5. The third-order valence-electron chi connectivity index (χ3n) is 3.79. The fourth-order valence-corrected chi connectivity index (χ4v) is 2.44. The van der Waals surface area contributed by atoms with Crippen LogP contribution in [0.4, 0.5) is 5.82 Å². The van der Waals surface area contributed by atoms with Crippen LogP contribution in [-0.2, 0) is 4.74 Å². The summed E-state index contributed by atoms with van der Waals surface area (Å²) in [5.41, 5.74) is 0.612. The molecule has 25 heavy (non-hydrogen) atoms. The molecule has 0 atom stereocenters. The second kappa shape index (κ2) is 7.82. The van der Waals surface area contributed by atoms with Crippen LogP contribution in [0.5, 0.6) is 11.5 Å². The van der Waals surface area contributed by atoms with Crippen molar-refractivity contribution in [1.82, 2.24) is 9.88 Å². The molecule has 0 unspecified atom stereocenters. The van der Waals surface area contributed by atoms with Crippen LogP contribution in [0.25, 0.3) is 0 Å². The lowest BCUT2D eigenvalue weighted by Gasteiger charge is -2.25. The minimum absolute atomic E-state index is 0.0467. The van der Waals surface area contributed by atoms with Gasteiger partial charge >= 0.3 is 5.82 Å². The Labute approximate surface area is 144 Å².